The van der Waals surface area contributed by atoms with Crippen LogP contribution in [0.5, 0.6) is 0 Å². The van der Waals surface area contributed by atoms with E-state index in [0.29, 0.717) is 11.2 Å². The van der Waals surface area contributed by atoms with Crippen molar-refractivity contribution in [3.8, 4) is 0 Å². The number of H-pyrrole nitrogens is 1. The molecule has 8 N–H and O–H groups in total. The highest BCUT2D eigenvalue weighted by molar-refractivity contribution is 8.44. The quantitative estimate of drug-likeness (QED) is 0.0797. The van der Waals surface area contributed by atoms with Crippen LogP contribution in [-0.2, 0) is 27.8 Å². The van der Waals surface area contributed by atoms with E-state index in [4.69, 9.17) is 34.7 Å². The number of hydrogen-bond donors (Lipinski definition) is 7. The Kier molecular flexibility index (Phi) is 6.74. The van der Waals surface area contributed by atoms with Crippen molar-refractivity contribution in [1.29, 1.82) is 0 Å². The molecule has 7 rings (SSSR count). The Morgan fingerprint density at radius 1 is 1.14 bits per heavy atom. The fourth-order valence-electron chi connectivity index (χ4n) is 5.51. The number of hydrogen-bond acceptors (Lipinski definition) is 17. The van der Waals surface area contributed by atoms with Gasteiger partial charge in [0, 0.05) is 0 Å². The lowest BCUT2D eigenvalue weighted by Crippen LogP contribution is -2.45. The summed E-state index contributed by atoms with van der Waals surface area (Å²) in [6, 6.07) is 0. The summed E-state index contributed by atoms with van der Waals surface area (Å²) in [5.74, 6) is -0.0457. The third kappa shape index (κ3) is 4.51. The van der Waals surface area contributed by atoms with Crippen molar-refractivity contribution in [1.82, 2.24) is 39.0 Å². The minimum absolute atomic E-state index is 0.0128. The van der Waals surface area contributed by atoms with Crippen LogP contribution in [0.1, 0.15) is 12.5 Å². The van der Waals surface area contributed by atoms with Gasteiger partial charge in [-0.2, -0.15) is 4.98 Å². The molecule has 3 saturated heterocycles. The Labute approximate surface area is 244 Å². The van der Waals surface area contributed by atoms with Crippen molar-refractivity contribution in [3.05, 3.63) is 29.3 Å². The third-order valence-electron chi connectivity index (χ3n) is 7.61. The van der Waals surface area contributed by atoms with Crippen LogP contribution in [0.3, 0.4) is 0 Å². The van der Waals surface area contributed by atoms with E-state index in [9.17, 15) is 24.7 Å². The molecule has 9 atom stereocenters. The maximum atomic E-state index is 13.5. The number of aromatic amines is 1. The van der Waals surface area contributed by atoms with Crippen molar-refractivity contribution in [2.24, 2.45) is 0 Å². The van der Waals surface area contributed by atoms with E-state index in [0.717, 1.165) is 0 Å². The molecule has 0 amide bonds. The molecule has 22 heteroatoms. The monoisotopic (exact) mass is 640 g/mol. The fourth-order valence-corrected chi connectivity index (χ4v) is 6.98. The predicted molar refractivity (Wildman–Crippen MR) is 145 cm³/mol. The minimum Gasteiger partial charge on any atom is -0.394 e. The second-order valence-corrected chi connectivity index (χ2v) is 13.1. The summed E-state index contributed by atoms with van der Waals surface area (Å²) in [6.45, 7) is -5.58. The number of nitrogens with one attached hydrogen (secondary N) is 1. The number of nitrogens with two attached hydrogens (primary N) is 2. The van der Waals surface area contributed by atoms with Crippen molar-refractivity contribution >= 4 is 53.1 Å². The highest BCUT2D eigenvalue weighted by Crippen LogP contribution is 2.58. The summed E-state index contributed by atoms with van der Waals surface area (Å²) in [7, 11) is 0. The first-order valence-electron chi connectivity index (χ1n) is 12.7. The number of aromatic nitrogens is 8. The molecule has 3 aliphatic rings. The third-order valence-corrected chi connectivity index (χ3v) is 9.21. The summed E-state index contributed by atoms with van der Waals surface area (Å²) >= 11 is 4.08. The molecule has 0 saturated carbocycles. The van der Waals surface area contributed by atoms with Gasteiger partial charge in [0.05, 0.1) is 32.5 Å². The van der Waals surface area contributed by atoms with Crippen LogP contribution in [0.2, 0.25) is 0 Å². The number of nitrogen functional groups attached to an aromatic ring is 2. The number of ether oxygens (including phenoxy) is 3. The number of thiol groups is 1. The van der Waals surface area contributed by atoms with Crippen LogP contribution in [0.15, 0.2) is 23.8 Å². The van der Waals surface area contributed by atoms with E-state index in [2.05, 4.69) is 42.2 Å². The van der Waals surface area contributed by atoms with Crippen LogP contribution in [0.4, 0.5) is 11.8 Å². The molecule has 2 bridgehead atoms. The largest absolute Gasteiger partial charge is 0.394 e. The molecule has 7 heterocycles. The van der Waals surface area contributed by atoms with Gasteiger partial charge in [-0.15, -0.1) is 0 Å². The molecule has 20 nitrogen and oxygen atoms in total. The van der Waals surface area contributed by atoms with E-state index >= 15 is 0 Å². The Balaban J connectivity index is 1.11. The Hall–Kier alpha value is -3.24. The molecular formula is C21H25N10O10PS. The van der Waals surface area contributed by atoms with Crippen LogP contribution < -0.4 is 17.0 Å². The first kappa shape index (κ1) is 28.5. The highest BCUT2D eigenvalue weighted by Gasteiger charge is 2.63. The molecule has 0 radical (unpaired) electrons. The molecule has 1 unspecified atom stereocenters. The number of aliphatic hydroxyl groups is 3. The van der Waals surface area contributed by atoms with Gasteiger partial charge in [0.1, 0.15) is 48.0 Å². The van der Waals surface area contributed by atoms with E-state index in [1.165, 1.54) is 28.1 Å². The topological polar surface area (TPSA) is 283 Å². The lowest BCUT2D eigenvalue weighted by molar-refractivity contribution is -0.183. The van der Waals surface area contributed by atoms with Crippen LogP contribution in [-0.4, -0.2) is 110 Å². The summed E-state index contributed by atoms with van der Waals surface area (Å²) in [6.07, 6.45) is -4.50. The molecule has 0 aliphatic carbocycles. The zero-order valence-electron chi connectivity index (χ0n) is 21.8. The number of anilines is 2. The van der Waals surface area contributed by atoms with Gasteiger partial charge in [-0.25, -0.2) is 24.5 Å². The van der Waals surface area contributed by atoms with E-state index in [1.54, 1.807) is 0 Å². The molecule has 0 aromatic carbocycles. The van der Waals surface area contributed by atoms with Gasteiger partial charge in [0.2, 0.25) is 5.95 Å². The van der Waals surface area contributed by atoms with Crippen molar-refractivity contribution < 1.29 is 43.1 Å². The first-order valence-corrected chi connectivity index (χ1v) is 15.4. The van der Waals surface area contributed by atoms with Crippen LogP contribution >= 0.6 is 19.0 Å². The van der Waals surface area contributed by atoms with Gasteiger partial charge in [-0.1, -0.05) is 12.2 Å². The van der Waals surface area contributed by atoms with E-state index in [1.807, 2.05) is 0 Å². The van der Waals surface area contributed by atoms with Gasteiger partial charge in [0.25, 0.3) is 5.56 Å². The van der Waals surface area contributed by atoms with E-state index in [-0.39, 0.29) is 29.5 Å². The molecule has 0 spiro atoms. The Morgan fingerprint density at radius 2 is 1.88 bits per heavy atom. The normalized spacial score (nSPS) is 33.5. The molecule has 3 aliphatic heterocycles. The summed E-state index contributed by atoms with van der Waals surface area (Å²) in [5, 5.41) is 31.7. The van der Waals surface area contributed by atoms with Crippen molar-refractivity contribution in [2.45, 2.75) is 48.6 Å². The fraction of sp³-hybridized carbons (Fsp3) is 0.524. The zero-order chi connectivity index (χ0) is 30.3. The average Bonchev–Trinajstić information content (AvgIpc) is 3.77. The number of fused-ring (bicyclic) bond motifs is 4. The Morgan fingerprint density at radius 3 is 2.65 bits per heavy atom. The summed E-state index contributed by atoms with van der Waals surface area (Å²) < 4.78 is 45.2. The standard InChI is InChI=1S/C21H25N10O10PS/c22-14-8-15(25-4-24-14)30(5-26-8)19-12-13(34)21(40-19,2-37-12)3-38-42(36,43)41-11-10(33)7(1-32)39-18(11)31-6-27-9-16(31)28-20(23)29-17(9)35/h4-7,10-13,18-19,32-34H,1-3H2,(H,36,43)(H2,22,24,25)(H3,23,28,29,35)/t7-,10+,11+,12+,13-,18-,19-,21-,42?/m1/s1. The zero-order valence-corrected chi connectivity index (χ0v) is 23.6. The first-order chi connectivity index (χ1) is 20.5. The number of rotatable bonds is 8. The smallest absolute Gasteiger partial charge is 0.386 e. The number of aliphatic hydroxyl groups excluding tert-OH is 3. The molecule has 4 aromatic rings. The minimum atomic E-state index is -4.35. The van der Waals surface area contributed by atoms with Crippen LogP contribution in [0, 0.1) is 0 Å². The molecule has 3 fully saturated rings. The molecule has 230 valence electrons. The molecular weight excluding hydrogens is 615 g/mol. The van der Waals surface area contributed by atoms with Crippen molar-refractivity contribution in [3.63, 3.8) is 0 Å². The number of nitrogens with zero attached hydrogens (tertiary/aromatic N) is 7. The second-order valence-electron chi connectivity index (χ2n) is 10.2. The lowest BCUT2D eigenvalue weighted by Gasteiger charge is -2.32. The molecule has 4 aromatic heterocycles. The summed E-state index contributed by atoms with van der Waals surface area (Å²) in [4.78, 5) is 34.9. The average molecular weight is 641 g/mol. The van der Waals surface area contributed by atoms with Crippen molar-refractivity contribution in [2.75, 3.05) is 31.3 Å². The van der Waals surface area contributed by atoms with Gasteiger partial charge >= 0.3 is 6.80 Å². The SMILES string of the molecule is Nc1nc2c(ncn2[C@@H]2O[C@H](CO)[C@H](O)[C@@H]2OP(=O)(S)OC[C@@]23CO[C@H]([C@H](n4cnc5c(N)ncnc54)O2)[C@H]3O)c(=O)[nH]1. The maximum Gasteiger partial charge on any atom is 0.386 e. The van der Waals surface area contributed by atoms with Gasteiger partial charge < -0.3 is 41.0 Å². The van der Waals surface area contributed by atoms with Gasteiger partial charge in [-0.05, 0) is 0 Å². The van der Waals surface area contributed by atoms with Gasteiger partial charge in [0.15, 0.2) is 35.1 Å². The van der Waals surface area contributed by atoms with E-state index < -0.39 is 74.1 Å². The second kappa shape index (κ2) is 10.2. The van der Waals surface area contributed by atoms with Crippen LogP contribution in [0.25, 0.3) is 22.3 Å². The Bertz CT molecular complexity index is 1820. The number of imidazole rings is 2. The highest BCUT2D eigenvalue weighted by atomic mass is 32.7. The lowest BCUT2D eigenvalue weighted by atomic mass is 10.0. The predicted octanol–water partition coefficient (Wildman–Crippen LogP) is -2.16. The van der Waals surface area contributed by atoms with Gasteiger partial charge in [-0.3, -0.25) is 28.0 Å². The molecule has 43 heavy (non-hydrogen) atoms. The summed E-state index contributed by atoms with van der Waals surface area (Å²) in [5.41, 5.74) is 10.0. The maximum absolute atomic E-state index is 13.5.